The number of rotatable bonds is 7. The molecule has 1 amide bonds. The van der Waals surface area contributed by atoms with Crippen LogP contribution in [-0.2, 0) is 4.79 Å². The first-order valence-electron chi connectivity index (χ1n) is 6.88. The lowest BCUT2D eigenvalue weighted by molar-refractivity contribution is -0.107. The second-order valence-electron chi connectivity index (χ2n) is 4.86. The van der Waals surface area contributed by atoms with Gasteiger partial charge < -0.3 is 9.80 Å². The van der Waals surface area contributed by atoms with E-state index in [4.69, 9.17) is 0 Å². The maximum Gasteiger partial charge on any atom is 0.214 e. The number of nitrogens with zero attached hydrogens (tertiary/aromatic N) is 2. The van der Waals surface area contributed by atoms with Crippen molar-refractivity contribution in [2.24, 2.45) is 0 Å². The fourth-order valence-corrected chi connectivity index (χ4v) is 1.98. The number of hydrogen-bond acceptors (Lipinski definition) is 2. The summed E-state index contributed by atoms with van der Waals surface area (Å²) in [5.41, 5.74) is 4.84. The minimum atomic E-state index is 0.631. The molecular formula is C17H24N2O. The van der Waals surface area contributed by atoms with Gasteiger partial charge in [-0.25, -0.2) is 0 Å². The van der Waals surface area contributed by atoms with E-state index in [-0.39, 0.29) is 0 Å². The molecule has 0 aliphatic heterocycles. The Kier molecular flexibility index (Phi) is 5.56. The van der Waals surface area contributed by atoms with E-state index in [0.717, 1.165) is 41.0 Å². The Morgan fingerprint density at radius 1 is 1.25 bits per heavy atom. The molecule has 0 aliphatic carbocycles. The van der Waals surface area contributed by atoms with E-state index in [1.54, 1.807) is 4.90 Å². The minimum Gasteiger partial charge on any atom is -0.375 e. The zero-order valence-corrected chi connectivity index (χ0v) is 12.9. The Morgan fingerprint density at radius 2 is 1.90 bits per heavy atom. The number of benzene rings is 1. The molecule has 0 spiro atoms. The van der Waals surface area contributed by atoms with Crippen molar-refractivity contribution in [3.63, 3.8) is 0 Å². The van der Waals surface area contributed by atoms with Crippen LogP contribution in [-0.4, -0.2) is 31.4 Å². The predicted octanol–water partition coefficient (Wildman–Crippen LogP) is 3.62. The van der Waals surface area contributed by atoms with Crippen molar-refractivity contribution in [2.45, 2.75) is 20.8 Å². The monoisotopic (exact) mass is 272 g/mol. The summed E-state index contributed by atoms with van der Waals surface area (Å²) in [7, 11) is 2.00. The highest BCUT2D eigenvalue weighted by atomic mass is 16.1. The molecule has 0 atom stereocenters. The number of hydrogen-bond donors (Lipinski definition) is 0. The van der Waals surface area contributed by atoms with Crippen LogP contribution in [0.4, 0.5) is 5.69 Å². The van der Waals surface area contributed by atoms with Crippen LogP contribution in [0.2, 0.25) is 0 Å². The summed E-state index contributed by atoms with van der Waals surface area (Å²) < 4.78 is 0. The van der Waals surface area contributed by atoms with Crippen molar-refractivity contribution in [1.29, 1.82) is 0 Å². The molecule has 1 rings (SSSR count). The van der Waals surface area contributed by atoms with Gasteiger partial charge >= 0.3 is 0 Å². The van der Waals surface area contributed by atoms with Gasteiger partial charge in [0.15, 0.2) is 0 Å². The number of amides is 1. The molecule has 3 nitrogen and oxygen atoms in total. The second-order valence-corrected chi connectivity index (χ2v) is 4.86. The zero-order chi connectivity index (χ0) is 15.3. The van der Waals surface area contributed by atoms with Crippen LogP contribution in [0.25, 0.3) is 11.3 Å². The van der Waals surface area contributed by atoms with Crippen molar-refractivity contribution in [1.82, 2.24) is 4.90 Å². The molecule has 0 aliphatic rings. The first-order valence-corrected chi connectivity index (χ1v) is 6.88. The van der Waals surface area contributed by atoms with Gasteiger partial charge in [0.25, 0.3) is 0 Å². The molecule has 20 heavy (non-hydrogen) atoms. The third-order valence-electron chi connectivity index (χ3n) is 3.51. The normalized spacial score (nSPS) is 10.0. The van der Waals surface area contributed by atoms with Crippen molar-refractivity contribution in [3.05, 3.63) is 42.5 Å². The fraction of sp³-hybridized carbons (Fsp3) is 0.353. The third-order valence-corrected chi connectivity index (χ3v) is 3.51. The molecule has 0 aromatic heterocycles. The van der Waals surface area contributed by atoms with Gasteiger partial charge in [0.2, 0.25) is 6.41 Å². The van der Waals surface area contributed by atoms with Gasteiger partial charge in [-0.15, -0.1) is 0 Å². The van der Waals surface area contributed by atoms with Crippen LogP contribution in [0.5, 0.6) is 0 Å². The smallest absolute Gasteiger partial charge is 0.214 e. The lowest BCUT2D eigenvalue weighted by Crippen LogP contribution is -2.23. The Hall–Kier alpha value is -2.03. The molecule has 0 heterocycles. The predicted molar refractivity (Wildman–Crippen MR) is 87.6 cm³/mol. The molecule has 0 radical (unpaired) electrons. The standard InChI is InChI=1S/C17H24N2O/c1-7-18(6)14(5)16-11-15(13(3)4)9-10-17(16)19(8-2)12-20/h9-12H,3,5,7-8H2,1-2,4,6H3. The van der Waals surface area contributed by atoms with E-state index in [1.807, 2.05) is 33.0 Å². The van der Waals surface area contributed by atoms with Crippen LogP contribution >= 0.6 is 0 Å². The van der Waals surface area contributed by atoms with E-state index in [2.05, 4.69) is 31.0 Å². The van der Waals surface area contributed by atoms with Crippen LogP contribution in [0.15, 0.2) is 31.4 Å². The Balaban J connectivity index is 3.40. The molecule has 3 heteroatoms. The molecule has 0 saturated heterocycles. The average molecular weight is 272 g/mol. The number of carbonyl (C=O) groups is 1. The summed E-state index contributed by atoms with van der Waals surface area (Å²) >= 11 is 0. The first-order chi connectivity index (χ1) is 9.46. The van der Waals surface area contributed by atoms with Gasteiger partial charge in [-0.1, -0.05) is 24.8 Å². The summed E-state index contributed by atoms with van der Waals surface area (Å²) in [6, 6.07) is 6.01. The van der Waals surface area contributed by atoms with Crippen LogP contribution < -0.4 is 4.90 Å². The van der Waals surface area contributed by atoms with Gasteiger partial charge in [-0.2, -0.15) is 0 Å². The van der Waals surface area contributed by atoms with Gasteiger partial charge in [-0.3, -0.25) is 4.79 Å². The van der Waals surface area contributed by atoms with E-state index in [9.17, 15) is 4.79 Å². The molecular weight excluding hydrogens is 248 g/mol. The Labute approximate surface area is 122 Å². The highest BCUT2D eigenvalue weighted by Gasteiger charge is 2.14. The molecule has 0 bridgehead atoms. The summed E-state index contributed by atoms with van der Waals surface area (Å²) in [4.78, 5) is 15.0. The Bertz CT molecular complexity index is 520. The van der Waals surface area contributed by atoms with E-state index < -0.39 is 0 Å². The molecule has 108 valence electrons. The minimum absolute atomic E-state index is 0.631. The number of anilines is 1. The first kappa shape index (κ1) is 16.0. The van der Waals surface area contributed by atoms with Gasteiger partial charge in [-0.05, 0) is 38.5 Å². The summed E-state index contributed by atoms with van der Waals surface area (Å²) in [6.07, 6.45) is 0.860. The highest BCUT2D eigenvalue weighted by Crippen LogP contribution is 2.30. The average Bonchev–Trinajstić information content (AvgIpc) is 2.46. The SMILES string of the molecule is C=C(C)c1ccc(N(C=O)CC)c(C(=C)N(C)CC)c1. The Morgan fingerprint density at radius 3 is 2.35 bits per heavy atom. The molecule has 0 fully saturated rings. The van der Waals surface area contributed by atoms with Crippen molar-refractivity contribution < 1.29 is 4.79 Å². The summed E-state index contributed by atoms with van der Waals surface area (Å²) in [6.45, 7) is 15.6. The van der Waals surface area contributed by atoms with Crippen molar-refractivity contribution in [3.8, 4) is 0 Å². The van der Waals surface area contributed by atoms with Gasteiger partial charge in [0.05, 0.1) is 5.69 Å². The van der Waals surface area contributed by atoms with Gasteiger partial charge in [0, 0.05) is 31.4 Å². The fourth-order valence-electron chi connectivity index (χ4n) is 1.98. The van der Waals surface area contributed by atoms with E-state index in [1.165, 1.54) is 0 Å². The van der Waals surface area contributed by atoms with E-state index >= 15 is 0 Å². The molecule has 1 aromatic carbocycles. The summed E-state index contributed by atoms with van der Waals surface area (Å²) in [5, 5.41) is 0. The lowest BCUT2D eigenvalue weighted by Gasteiger charge is -2.26. The van der Waals surface area contributed by atoms with Crippen molar-refractivity contribution in [2.75, 3.05) is 25.0 Å². The molecule has 0 saturated carbocycles. The maximum atomic E-state index is 11.2. The number of carbonyl (C=O) groups excluding carboxylic acids is 1. The maximum absolute atomic E-state index is 11.2. The van der Waals surface area contributed by atoms with Crippen molar-refractivity contribution >= 4 is 23.4 Å². The quantitative estimate of drug-likeness (QED) is 0.708. The topological polar surface area (TPSA) is 23.6 Å². The number of allylic oxidation sites excluding steroid dienone is 1. The zero-order valence-electron chi connectivity index (χ0n) is 12.9. The van der Waals surface area contributed by atoms with Crippen LogP contribution in [0, 0.1) is 0 Å². The van der Waals surface area contributed by atoms with E-state index in [0.29, 0.717) is 6.54 Å². The third kappa shape index (κ3) is 3.29. The van der Waals surface area contributed by atoms with Gasteiger partial charge in [0.1, 0.15) is 0 Å². The van der Waals surface area contributed by atoms with Crippen LogP contribution in [0.3, 0.4) is 0 Å². The second kappa shape index (κ2) is 6.94. The summed E-state index contributed by atoms with van der Waals surface area (Å²) in [5.74, 6) is 0. The highest BCUT2D eigenvalue weighted by molar-refractivity contribution is 5.85. The van der Waals surface area contributed by atoms with Crippen LogP contribution in [0.1, 0.15) is 31.9 Å². The molecule has 0 N–H and O–H groups in total. The largest absolute Gasteiger partial charge is 0.375 e. The lowest BCUT2D eigenvalue weighted by atomic mass is 10.0. The molecule has 0 unspecified atom stereocenters. The molecule has 1 aromatic rings.